The van der Waals surface area contributed by atoms with E-state index in [0.717, 1.165) is 0 Å². The number of hydrogen-bond donors (Lipinski definition) is 1. The highest BCUT2D eigenvalue weighted by molar-refractivity contribution is 7.87. The van der Waals surface area contributed by atoms with E-state index in [1.165, 1.54) is 6.92 Å². The van der Waals surface area contributed by atoms with Gasteiger partial charge in [0.15, 0.2) is 0 Å². The maximum atomic E-state index is 12.8. The van der Waals surface area contributed by atoms with Crippen LogP contribution in [0.15, 0.2) is 0 Å². The molecule has 14 heavy (non-hydrogen) atoms. The highest BCUT2D eigenvalue weighted by Crippen LogP contribution is 2.29. The Kier molecular flexibility index (Phi) is 3.20. The predicted octanol–water partition coefficient (Wildman–Crippen LogP) is 0.590. The van der Waals surface area contributed by atoms with Gasteiger partial charge in [0.1, 0.15) is 10.8 Å². The number of carboxylic acid groups (broad SMARTS) is 1. The zero-order valence-electron chi connectivity index (χ0n) is 7.41. The number of hydrogen-bond acceptors (Lipinski definition) is 3. The lowest BCUT2D eigenvalue weighted by atomic mass is 10.3. The van der Waals surface area contributed by atoms with Gasteiger partial charge in [-0.2, -0.15) is 8.78 Å². The number of carboxylic acids is 1. The van der Waals surface area contributed by atoms with E-state index in [2.05, 4.69) is 0 Å². The third-order valence-electron chi connectivity index (χ3n) is 2.08. The van der Waals surface area contributed by atoms with E-state index in [9.17, 15) is 17.8 Å². The quantitative estimate of drug-likeness (QED) is 0.767. The van der Waals surface area contributed by atoms with E-state index in [-0.39, 0.29) is 13.0 Å². The van der Waals surface area contributed by atoms with Crippen molar-refractivity contribution >= 4 is 16.8 Å². The number of aliphatic carboxylic acids is 1. The van der Waals surface area contributed by atoms with E-state index in [1.807, 2.05) is 0 Å². The molecular weight excluding hydrogens is 218 g/mol. The molecule has 82 valence electrons. The van der Waals surface area contributed by atoms with Crippen molar-refractivity contribution in [3.05, 3.63) is 0 Å². The Morgan fingerprint density at radius 2 is 2.21 bits per heavy atom. The van der Waals surface area contributed by atoms with Crippen molar-refractivity contribution in [2.45, 2.75) is 30.0 Å². The normalized spacial score (nSPS) is 30.2. The molecule has 4 nitrogen and oxygen atoms in total. The average molecular weight is 228 g/mol. The second-order valence-corrected chi connectivity index (χ2v) is 4.74. The molecule has 1 aliphatic heterocycles. The second-order valence-electron chi connectivity index (χ2n) is 3.02. The molecule has 0 aromatic rings. The fourth-order valence-corrected chi connectivity index (χ4v) is 2.56. The van der Waals surface area contributed by atoms with Crippen LogP contribution in [0.5, 0.6) is 0 Å². The van der Waals surface area contributed by atoms with E-state index in [0.29, 0.717) is 0 Å². The van der Waals surface area contributed by atoms with Gasteiger partial charge in [-0.1, -0.05) is 0 Å². The summed E-state index contributed by atoms with van der Waals surface area (Å²) in [6.07, 6.45) is -0.377. The molecule has 0 aliphatic carbocycles. The number of halogens is 2. The summed E-state index contributed by atoms with van der Waals surface area (Å²) >= 11 is 0. The molecule has 3 unspecified atom stereocenters. The SMILES string of the molecule is CC1OCCC1S(=O)C(F)(F)C(=O)O. The first-order valence-corrected chi connectivity index (χ1v) is 5.22. The van der Waals surface area contributed by atoms with E-state index < -0.39 is 33.4 Å². The van der Waals surface area contributed by atoms with Crippen molar-refractivity contribution < 1.29 is 27.6 Å². The molecule has 1 rings (SSSR count). The van der Waals surface area contributed by atoms with Crippen molar-refractivity contribution in [3.8, 4) is 0 Å². The molecular formula is C7H10F2O4S. The van der Waals surface area contributed by atoms with E-state index in [4.69, 9.17) is 9.84 Å². The Morgan fingerprint density at radius 3 is 2.57 bits per heavy atom. The maximum Gasteiger partial charge on any atom is 0.415 e. The van der Waals surface area contributed by atoms with Gasteiger partial charge in [0.25, 0.3) is 0 Å². The van der Waals surface area contributed by atoms with Crippen molar-refractivity contribution in [2.75, 3.05) is 6.61 Å². The Labute approximate surface area is 81.7 Å². The summed E-state index contributed by atoms with van der Waals surface area (Å²) in [6.45, 7) is 1.75. The van der Waals surface area contributed by atoms with Crippen LogP contribution in [0.2, 0.25) is 0 Å². The van der Waals surface area contributed by atoms with Crippen LogP contribution in [-0.2, 0) is 20.3 Å². The van der Waals surface area contributed by atoms with Gasteiger partial charge >= 0.3 is 11.2 Å². The van der Waals surface area contributed by atoms with E-state index >= 15 is 0 Å². The van der Waals surface area contributed by atoms with Crippen LogP contribution in [0, 0.1) is 0 Å². The van der Waals surface area contributed by atoms with Crippen LogP contribution in [0.3, 0.4) is 0 Å². The Morgan fingerprint density at radius 1 is 1.64 bits per heavy atom. The fourth-order valence-electron chi connectivity index (χ4n) is 1.27. The van der Waals surface area contributed by atoms with E-state index in [1.54, 1.807) is 0 Å². The van der Waals surface area contributed by atoms with Gasteiger partial charge in [0.2, 0.25) is 0 Å². The van der Waals surface area contributed by atoms with Crippen molar-refractivity contribution in [3.63, 3.8) is 0 Å². The summed E-state index contributed by atoms with van der Waals surface area (Å²) in [5.74, 6) is -2.35. The minimum atomic E-state index is -4.19. The minimum absolute atomic E-state index is 0.205. The zero-order chi connectivity index (χ0) is 10.9. The molecule has 0 bridgehead atoms. The monoisotopic (exact) mass is 228 g/mol. The van der Waals surface area contributed by atoms with Gasteiger partial charge in [-0.3, -0.25) is 4.21 Å². The average Bonchev–Trinajstić information content (AvgIpc) is 2.49. The molecule has 0 radical (unpaired) electrons. The minimum Gasteiger partial charge on any atom is -0.476 e. The third-order valence-corrected chi connectivity index (χ3v) is 3.93. The van der Waals surface area contributed by atoms with Crippen LogP contribution in [0.1, 0.15) is 13.3 Å². The van der Waals surface area contributed by atoms with Crippen molar-refractivity contribution in [1.29, 1.82) is 0 Å². The Bertz CT molecular complexity index is 268. The standard InChI is InChI=1S/C7H10F2O4S/c1-4-5(2-3-13-4)14(12)7(8,9)6(10)11/h4-5H,2-3H2,1H3,(H,10,11). The molecule has 1 aliphatic rings. The maximum absolute atomic E-state index is 12.8. The first kappa shape index (κ1) is 11.5. The zero-order valence-corrected chi connectivity index (χ0v) is 8.22. The smallest absolute Gasteiger partial charge is 0.415 e. The summed E-state index contributed by atoms with van der Waals surface area (Å²) in [5.41, 5.74) is 0. The number of rotatable bonds is 3. The molecule has 0 spiro atoms. The molecule has 0 amide bonds. The molecule has 1 fully saturated rings. The predicted molar refractivity (Wildman–Crippen MR) is 44.5 cm³/mol. The Balaban J connectivity index is 2.79. The lowest BCUT2D eigenvalue weighted by molar-refractivity contribution is -0.153. The molecule has 0 aromatic carbocycles. The highest BCUT2D eigenvalue weighted by Gasteiger charge is 2.51. The molecule has 7 heteroatoms. The lowest BCUT2D eigenvalue weighted by Crippen LogP contribution is -2.41. The summed E-state index contributed by atoms with van der Waals surface area (Å²) < 4.78 is 41.8. The molecule has 1 heterocycles. The van der Waals surface area contributed by atoms with Crippen LogP contribution < -0.4 is 0 Å². The van der Waals surface area contributed by atoms with Crippen LogP contribution in [0.25, 0.3) is 0 Å². The number of ether oxygens (including phenoxy) is 1. The van der Waals surface area contributed by atoms with Gasteiger partial charge in [-0.25, -0.2) is 4.79 Å². The summed E-state index contributed by atoms with van der Waals surface area (Å²) in [4.78, 5) is 10.1. The largest absolute Gasteiger partial charge is 0.476 e. The van der Waals surface area contributed by atoms with Crippen LogP contribution in [-0.4, -0.2) is 38.5 Å². The third kappa shape index (κ3) is 1.93. The van der Waals surface area contributed by atoms with Gasteiger partial charge in [-0.05, 0) is 13.3 Å². The molecule has 1 saturated heterocycles. The first-order chi connectivity index (χ1) is 6.37. The van der Waals surface area contributed by atoms with Gasteiger partial charge in [-0.15, -0.1) is 0 Å². The molecule has 3 atom stereocenters. The fraction of sp³-hybridized carbons (Fsp3) is 0.857. The summed E-state index contributed by atoms with van der Waals surface area (Å²) in [7, 11) is -2.72. The van der Waals surface area contributed by atoms with Crippen molar-refractivity contribution in [1.82, 2.24) is 0 Å². The Hall–Kier alpha value is -0.560. The highest BCUT2D eigenvalue weighted by atomic mass is 32.2. The lowest BCUT2D eigenvalue weighted by Gasteiger charge is -2.18. The molecule has 0 saturated carbocycles. The number of carbonyl (C=O) groups is 1. The first-order valence-electron chi connectivity index (χ1n) is 4.01. The number of alkyl halides is 2. The van der Waals surface area contributed by atoms with Gasteiger partial charge < -0.3 is 9.84 Å². The summed E-state index contributed by atoms with van der Waals surface area (Å²) in [5, 5.41) is 3.08. The topological polar surface area (TPSA) is 63.6 Å². The second kappa shape index (κ2) is 3.90. The van der Waals surface area contributed by atoms with Gasteiger partial charge in [0, 0.05) is 6.61 Å². The van der Waals surface area contributed by atoms with Crippen LogP contribution in [0.4, 0.5) is 8.78 Å². The van der Waals surface area contributed by atoms with Crippen molar-refractivity contribution in [2.24, 2.45) is 0 Å². The van der Waals surface area contributed by atoms with Crippen LogP contribution >= 0.6 is 0 Å². The molecule has 0 aromatic heterocycles. The van der Waals surface area contributed by atoms with Gasteiger partial charge in [0.05, 0.1) is 11.4 Å². The summed E-state index contributed by atoms with van der Waals surface area (Å²) in [6, 6.07) is 0. The molecule has 1 N–H and O–H groups in total.